The summed E-state index contributed by atoms with van der Waals surface area (Å²) in [5, 5.41) is 23.8. The molecule has 0 aliphatic carbocycles. The van der Waals surface area contributed by atoms with Crippen LogP contribution in [0.1, 0.15) is 220 Å². The van der Waals surface area contributed by atoms with E-state index in [0.29, 0.717) is 19.3 Å². The van der Waals surface area contributed by atoms with Crippen molar-refractivity contribution >= 4 is 11.9 Å². The summed E-state index contributed by atoms with van der Waals surface area (Å²) in [7, 11) is 0. The number of aliphatic hydroxyl groups is 2. The molecule has 6 heteroatoms. The lowest BCUT2D eigenvalue weighted by molar-refractivity contribution is -0.151. The summed E-state index contributed by atoms with van der Waals surface area (Å²) in [6.07, 6.45) is 72.7. The van der Waals surface area contributed by atoms with Gasteiger partial charge in [-0.2, -0.15) is 0 Å². The Kier molecular flexibility index (Phi) is 49.3. The van der Waals surface area contributed by atoms with Crippen molar-refractivity contribution in [2.75, 3.05) is 6.61 Å². The molecule has 0 heterocycles. The second-order valence-corrected chi connectivity index (χ2v) is 17.6. The van der Waals surface area contributed by atoms with Crippen LogP contribution in [0.2, 0.25) is 0 Å². The highest BCUT2D eigenvalue weighted by molar-refractivity contribution is 5.77. The van der Waals surface area contributed by atoms with Crippen molar-refractivity contribution in [1.82, 2.24) is 5.32 Å². The Balaban J connectivity index is 4.72. The van der Waals surface area contributed by atoms with Crippen LogP contribution in [0.3, 0.4) is 0 Å². The number of nitrogens with one attached hydrogen (secondary N) is 1. The fourth-order valence-corrected chi connectivity index (χ4v) is 7.43. The third-order valence-corrected chi connectivity index (χ3v) is 11.4. The van der Waals surface area contributed by atoms with Crippen LogP contribution in [-0.2, 0) is 14.3 Å². The third-order valence-electron chi connectivity index (χ3n) is 11.4. The lowest BCUT2D eigenvalue weighted by Crippen LogP contribution is -2.46. The van der Waals surface area contributed by atoms with Crippen LogP contribution in [0.15, 0.2) is 122 Å². The summed E-state index contributed by atoms with van der Waals surface area (Å²) < 4.78 is 5.87. The standard InChI is InChI=1S/C60H99NO5/c1-4-7-10-13-16-19-22-25-27-29-31-34-37-40-43-46-49-52-58(63)57(55-62)61-59(64)54-56(51-48-45-42-39-36-33-24-21-18-15-12-9-6-3)66-60(65)53-50-47-44-41-38-35-32-30-28-26-23-20-17-14-11-8-5-2/h8-9,11-12,15,17-18,20-21,24,26,28,32-33,35-36,39,41-42,44,56-58,62-63H,4-7,10,13-14,16,19,22-23,25,27,29-31,34,37-38,40,43,45-55H2,1-3H3,(H,61,64)/b11-8-,12-9+,18-15+,20-17-,24-21-,28-26-,35-32-,36-33-,42-39+,44-41-. The minimum absolute atomic E-state index is 0.00176. The van der Waals surface area contributed by atoms with Gasteiger partial charge in [0, 0.05) is 6.42 Å². The maximum atomic E-state index is 13.2. The van der Waals surface area contributed by atoms with E-state index in [1.165, 1.54) is 89.9 Å². The van der Waals surface area contributed by atoms with Crippen molar-refractivity contribution in [3.8, 4) is 0 Å². The average molecular weight is 914 g/mol. The van der Waals surface area contributed by atoms with Gasteiger partial charge in [-0.1, -0.05) is 251 Å². The summed E-state index contributed by atoms with van der Waals surface area (Å²) >= 11 is 0. The molecule has 1 amide bonds. The Hall–Kier alpha value is -3.74. The van der Waals surface area contributed by atoms with E-state index in [1.54, 1.807) is 0 Å². The predicted octanol–water partition coefficient (Wildman–Crippen LogP) is 16.5. The van der Waals surface area contributed by atoms with Gasteiger partial charge in [0.05, 0.1) is 25.2 Å². The van der Waals surface area contributed by atoms with Gasteiger partial charge in [-0.3, -0.25) is 9.59 Å². The van der Waals surface area contributed by atoms with Crippen molar-refractivity contribution in [1.29, 1.82) is 0 Å². The van der Waals surface area contributed by atoms with Crippen molar-refractivity contribution in [2.24, 2.45) is 0 Å². The SMILES string of the molecule is CC/C=C\C/C=C\C/C=C\C/C=C\C/C=C\CCCC(=O)OC(CCC/C=C/C=C\C=C/C=C/C=C/CC)CC(=O)NC(CO)C(O)CCCCCCCCCCCCCCCCCCC. The smallest absolute Gasteiger partial charge is 0.306 e. The molecule has 0 radical (unpaired) electrons. The normalized spacial score (nSPS) is 14.2. The molecule has 0 aliphatic rings. The average Bonchev–Trinajstić information content (AvgIpc) is 3.31. The summed E-state index contributed by atoms with van der Waals surface area (Å²) in [6, 6.07) is -0.745. The highest BCUT2D eigenvalue weighted by Gasteiger charge is 2.24. The van der Waals surface area contributed by atoms with E-state index in [0.717, 1.165) is 77.0 Å². The number of aliphatic hydroxyl groups excluding tert-OH is 2. The first-order valence-corrected chi connectivity index (χ1v) is 26.8. The van der Waals surface area contributed by atoms with E-state index in [9.17, 15) is 19.8 Å². The highest BCUT2D eigenvalue weighted by atomic mass is 16.5. The molecular weight excluding hydrogens is 815 g/mol. The zero-order valence-electron chi connectivity index (χ0n) is 42.5. The quantitative estimate of drug-likeness (QED) is 0.0245. The molecule has 0 spiro atoms. The summed E-state index contributed by atoms with van der Waals surface area (Å²) in [4.78, 5) is 26.1. The minimum atomic E-state index is -0.825. The molecule has 0 saturated heterocycles. The molecule has 0 fully saturated rings. The monoisotopic (exact) mass is 914 g/mol. The zero-order valence-corrected chi connectivity index (χ0v) is 42.5. The first-order chi connectivity index (χ1) is 32.5. The van der Waals surface area contributed by atoms with Crippen molar-refractivity contribution in [3.63, 3.8) is 0 Å². The fourth-order valence-electron chi connectivity index (χ4n) is 7.43. The molecule has 0 rings (SSSR count). The van der Waals surface area contributed by atoms with Gasteiger partial charge in [0.15, 0.2) is 0 Å². The predicted molar refractivity (Wildman–Crippen MR) is 286 cm³/mol. The van der Waals surface area contributed by atoms with Crippen LogP contribution < -0.4 is 5.32 Å². The molecule has 0 aromatic rings. The van der Waals surface area contributed by atoms with Gasteiger partial charge in [-0.25, -0.2) is 0 Å². The van der Waals surface area contributed by atoms with E-state index in [-0.39, 0.29) is 31.3 Å². The van der Waals surface area contributed by atoms with Crippen molar-refractivity contribution < 1.29 is 24.5 Å². The molecule has 3 atom stereocenters. The van der Waals surface area contributed by atoms with E-state index in [1.807, 2.05) is 48.6 Å². The first-order valence-electron chi connectivity index (χ1n) is 26.8. The third kappa shape index (κ3) is 46.8. The van der Waals surface area contributed by atoms with Gasteiger partial charge in [-0.15, -0.1) is 0 Å². The van der Waals surface area contributed by atoms with Gasteiger partial charge in [0.1, 0.15) is 6.10 Å². The second-order valence-electron chi connectivity index (χ2n) is 17.6. The van der Waals surface area contributed by atoms with Crippen LogP contribution in [0.5, 0.6) is 0 Å². The molecule has 66 heavy (non-hydrogen) atoms. The van der Waals surface area contributed by atoms with E-state index in [2.05, 4.69) is 99.0 Å². The first kappa shape index (κ1) is 62.3. The molecule has 3 N–H and O–H groups in total. The Bertz CT molecular complexity index is 1390. The molecule has 374 valence electrons. The number of hydrogen-bond donors (Lipinski definition) is 3. The lowest BCUT2D eigenvalue weighted by atomic mass is 10.0. The van der Waals surface area contributed by atoms with Crippen LogP contribution in [0.25, 0.3) is 0 Å². The Morgan fingerprint density at radius 1 is 0.470 bits per heavy atom. The van der Waals surface area contributed by atoms with Gasteiger partial charge in [0.2, 0.25) is 5.91 Å². The zero-order chi connectivity index (χ0) is 48.1. The number of amides is 1. The number of allylic oxidation sites excluding steroid dienone is 20. The van der Waals surface area contributed by atoms with Crippen LogP contribution >= 0.6 is 0 Å². The number of hydrogen-bond acceptors (Lipinski definition) is 5. The topological polar surface area (TPSA) is 95.9 Å². The van der Waals surface area contributed by atoms with E-state index in [4.69, 9.17) is 4.74 Å². The largest absolute Gasteiger partial charge is 0.462 e. The van der Waals surface area contributed by atoms with Crippen LogP contribution in [0.4, 0.5) is 0 Å². The molecule has 3 unspecified atom stereocenters. The number of esters is 1. The Morgan fingerprint density at radius 3 is 1.38 bits per heavy atom. The fraction of sp³-hybridized carbons (Fsp3) is 0.633. The number of ether oxygens (including phenoxy) is 1. The van der Waals surface area contributed by atoms with Gasteiger partial charge < -0.3 is 20.3 Å². The van der Waals surface area contributed by atoms with Crippen molar-refractivity contribution in [3.05, 3.63) is 122 Å². The van der Waals surface area contributed by atoms with Gasteiger partial charge >= 0.3 is 5.97 Å². The minimum Gasteiger partial charge on any atom is -0.462 e. The molecule has 6 nitrogen and oxygen atoms in total. The Labute approximate surface area is 406 Å². The highest BCUT2D eigenvalue weighted by Crippen LogP contribution is 2.17. The molecular formula is C60H99NO5. The second kappa shape index (κ2) is 52.2. The van der Waals surface area contributed by atoms with Gasteiger partial charge in [0.25, 0.3) is 0 Å². The molecule has 0 saturated carbocycles. The number of carbonyl (C=O) groups is 2. The molecule has 0 bridgehead atoms. The molecule has 0 aromatic carbocycles. The summed E-state index contributed by atoms with van der Waals surface area (Å²) in [5.74, 6) is -0.626. The van der Waals surface area contributed by atoms with Gasteiger partial charge in [-0.05, 0) is 77.0 Å². The number of carbonyl (C=O) groups excluding carboxylic acids is 2. The molecule has 0 aromatic heterocycles. The lowest BCUT2D eigenvalue weighted by Gasteiger charge is -2.24. The maximum Gasteiger partial charge on any atom is 0.306 e. The maximum absolute atomic E-state index is 13.2. The Morgan fingerprint density at radius 2 is 0.894 bits per heavy atom. The van der Waals surface area contributed by atoms with Crippen LogP contribution in [-0.4, -0.2) is 46.9 Å². The van der Waals surface area contributed by atoms with E-state index < -0.39 is 18.2 Å². The molecule has 0 aliphatic heterocycles. The summed E-state index contributed by atoms with van der Waals surface area (Å²) in [6.45, 7) is 6.19. The van der Waals surface area contributed by atoms with Crippen LogP contribution in [0, 0.1) is 0 Å². The van der Waals surface area contributed by atoms with Crippen molar-refractivity contribution in [2.45, 2.75) is 238 Å². The number of rotatable bonds is 46. The van der Waals surface area contributed by atoms with E-state index >= 15 is 0 Å². The number of unbranched alkanes of at least 4 members (excludes halogenated alkanes) is 18. The summed E-state index contributed by atoms with van der Waals surface area (Å²) in [5.41, 5.74) is 0.